The minimum atomic E-state index is -0.476. The highest BCUT2D eigenvalue weighted by atomic mass is 16.2. The molecule has 0 aliphatic carbocycles. The smallest absolute Gasteiger partial charge is 0.266 e. The Morgan fingerprint density at radius 1 is 1.33 bits per heavy atom. The molecule has 2 rings (SSSR count). The number of nitrogens with zero attached hydrogens (tertiary/aromatic N) is 1. The molecular formula is C14H16N4O3. The molecule has 1 amide bonds. The zero-order valence-corrected chi connectivity index (χ0v) is 11.6. The molecular weight excluding hydrogens is 272 g/mol. The van der Waals surface area contributed by atoms with E-state index in [1.54, 1.807) is 12.3 Å². The predicted octanol–water partition coefficient (Wildman–Crippen LogP) is 0.268. The molecule has 21 heavy (non-hydrogen) atoms. The van der Waals surface area contributed by atoms with Gasteiger partial charge in [-0.15, -0.1) is 0 Å². The summed E-state index contributed by atoms with van der Waals surface area (Å²) in [5.41, 5.74) is -0.0369. The summed E-state index contributed by atoms with van der Waals surface area (Å²) >= 11 is 0. The van der Waals surface area contributed by atoms with Gasteiger partial charge in [0.25, 0.3) is 11.1 Å². The van der Waals surface area contributed by atoms with Crippen LogP contribution in [-0.4, -0.2) is 21.1 Å². The molecule has 0 bridgehead atoms. The molecule has 3 N–H and O–H groups in total. The fraction of sp³-hybridized carbons (Fsp3) is 0.286. The Morgan fingerprint density at radius 3 is 2.81 bits per heavy atom. The van der Waals surface area contributed by atoms with Crippen LogP contribution in [0.25, 0.3) is 0 Å². The SMILES string of the molecule is CC[C@@H](NC(=O)Cc1cc(=O)[nH][nH]c1=O)c1ccccn1. The second-order valence-electron chi connectivity index (χ2n) is 4.57. The zero-order valence-electron chi connectivity index (χ0n) is 11.6. The number of carbonyl (C=O) groups excluding carboxylic acids is 1. The minimum absolute atomic E-state index is 0.132. The molecule has 1 atom stereocenters. The first-order chi connectivity index (χ1) is 10.1. The van der Waals surface area contributed by atoms with Crippen LogP contribution in [0.3, 0.4) is 0 Å². The molecule has 0 radical (unpaired) electrons. The highest BCUT2D eigenvalue weighted by Gasteiger charge is 2.15. The standard InChI is InChI=1S/C14H16N4O3/c1-2-10(11-5-3-4-6-15-11)16-12(19)7-9-8-13(20)17-18-14(9)21/h3-6,8,10H,2,7H2,1H3,(H,16,19)(H,17,20)(H,18,21)/t10-/m1/s1. The number of aromatic amines is 2. The number of pyridine rings is 1. The molecule has 2 aromatic rings. The lowest BCUT2D eigenvalue weighted by atomic mass is 10.1. The van der Waals surface area contributed by atoms with Crippen molar-refractivity contribution in [1.82, 2.24) is 20.5 Å². The monoisotopic (exact) mass is 288 g/mol. The van der Waals surface area contributed by atoms with E-state index in [0.717, 1.165) is 11.8 Å². The summed E-state index contributed by atoms with van der Waals surface area (Å²) < 4.78 is 0. The summed E-state index contributed by atoms with van der Waals surface area (Å²) in [4.78, 5) is 38.9. The van der Waals surface area contributed by atoms with E-state index >= 15 is 0 Å². The quantitative estimate of drug-likeness (QED) is 0.733. The van der Waals surface area contributed by atoms with Gasteiger partial charge in [-0.25, -0.2) is 0 Å². The molecule has 0 spiro atoms. The van der Waals surface area contributed by atoms with Crippen LogP contribution in [-0.2, 0) is 11.2 Å². The Kier molecular flexibility index (Phi) is 4.65. The van der Waals surface area contributed by atoms with E-state index in [2.05, 4.69) is 20.5 Å². The Hall–Kier alpha value is -2.70. The van der Waals surface area contributed by atoms with E-state index in [9.17, 15) is 14.4 Å². The Labute approximate surface area is 120 Å². The molecule has 0 saturated heterocycles. The first-order valence-electron chi connectivity index (χ1n) is 6.61. The van der Waals surface area contributed by atoms with Gasteiger partial charge in [-0.05, 0) is 18.6 Å². The molecule has 0 saturated carbocycles. The van der Waals surface area contributed by atoms with Crippen molar-refractivity contribution in [3.63, 3.8) is 0 Å². The number of hydrogen-bond acceptors (Lipinski definition) is 4. The summed E-state index contributed by atoms with van der Waals surface area (Å²) in [5.74, 6) is -0.330. The van der Waals surface area contributed by atoms with Crippen LogP contribution in [0.4, 0.5) is 0 Å². The summed E-state index contributed by atoms with van der Waals surface area (Å²) in [7, 11) is 0. The molecule has 2 aromatic heterocycles. The molecule has 7 heteroatoms. The van der Waals surface area contributed by atoms with Crippen LogP contribution in [0.2, 0.25) is 0 Å². The van der Waals surface area contributed by atoms with E-state index in [4.69, 9.17) is 0 Å². The maximum atomic E-state index is 12.0. The van der Waals surface area contributed by atoms with Crippen LogP contribution in [0.5, 0.6) is 0 Å². The van der Waals surface area contributed by atoms with Gasteiger partial charge in [0, 0.05) is 17.8 Å². The third-order valence-electron chi connectivity index (χ3n) is 3.04. The minimum Gasteiger partial charge on any atom is -0.347 e. The van der Waals surface area contributed by atoms with Gasteiger partial charge in [-0.1, -0.05) is 13.0 Å². The van der Waals surface area contributed by atoms with Crippen molar-refractivity contribution in [2.24, 2.45) is 0 Å². The van der Waals surface area contributed by atoms with Crippen LogP contribution >= 0.6 is 0 Å². The largest absolute Gasteiger partial charge is 0.347 e. The zero-order chi connectivity index (χ0) is 15.2. The van der Waals surface area contributed by atoms with Crippen molar-refractivity contribution >= 4 is 5.91 Å². The van der Waals surface area contributed by atoms with Crippen molar-refractivity contribution in [2.45, 2.75) is 25.8 Å². The third kappa shape index (κ3) is 3.88. The number of aromatic nitrogens is 3. The number of amides is 1. The predicted molar refractivity (Wildman–Crippen MR) is 76.8 cm³/mol. The van der Waals surface area contributed by atoms with E-state index in [0.29, 0.717) is 6.42 Å². The molecule has 2 heterocycles. The van der Waals surface area contributed by atoms with Gasteiger partial charge >= 0.3 is 0 Å². The fourth-order valence-electron chi connectivity index (χ4n) is 1.98. The summed E-state index contributed by atoms with van der Waals surface area (Å²) in [6.07, 6.45) is 2.18. The highest BCUT2D eigenvalue weighted by molar-refractivity contribution is 5.78. The van der Waals surface area contributed by atoms with Gasteiger partial charge in [0.15, 0.2) is 0 Å². The maximum absolute atomic E-state index is 12.0. The van der Waals surface area contributed by atoms with Crippen molar-refractivity contribution < 1.29 is 4.79 Å². The lowest BCUT2D eigenvalue weighted by Crippen LogP contribution is -2.32. The van der Waals surface area contributed by atoms with E-state index in [1.807, 2.05) is 19.1 Å². The van der Waals surface area contributed by atoms with Crippen LogP contribution in [0.15, 0.2) is 40.1 Å². The lowest BCUT2D eigenvalue weighted by Gasteiger charge is -2.16. The van der Waals surface area contributed by atoms with E-state index < -0.39 is 11.1 Å². The average Bonchev–Trinajstić information content (AvgIpc) is 2.49. The average molecular weight is 288 g/mol. The lowest BCUT2D eigenvalue weighted by molar-refractivity contribution is -0.121. The molecule has 110 valence electrons. The summed E-state index contributed by atoms with van der Waals surface area (Å²) in [6, 6.07) is 6.38. The van der Waals surface area contributed by atoms with Gasteiger partial charge in [0.05, 0.1) is 18.2 Å². The summed E-state index contributed by atoms with van der Waals surface area (Å²) in [5, 5.41) is 7.16. The van der Waals surface area contributed by atoms with E-state index in [-0.39, 0.29) is 23.9 Å². The highest BCUT2D eigenvalue weighted by Crippen LogP contribution is 2.13. The van der Waals surface area contributed by atoms with Gasteiger partial charge in [0.1, 0.15) is 0 Å². The molecule has 0 aliphatic rings. The van der Waals surface area contributed by atoms with Crippen molar-refractivity contribution in [1.29, 1.82) is 0 Å². The van der Waals surface area contributed by atoms with Gasteiger partial charge < -0.3 is 5.32 Å². The topological polar surface area (TPSA) is 108 Å². The first-order valence-corrected chi connectivity index (χ1v) is 6.61. The summed E-state index contributed by atoms with van der Waals surface area (Å²) in [6.45, 7) is 1.93. The third-order valence-corrected chi connectivity index (χ3v) is 3.04. The van der Waals surface area contributed by atoms with Gasteiger partial charge in [-0.3, -0.25) is 29.6 Å². The molecule has 0 unspecified atom stereocenters. The second-order valence-corrected chi connectivity index (χ2v) is 4.57. The normalized spacial score (nSPS) is 11.9. The van der Waals surface area contributed by atoms with Crippen LogP contribution in [0, 0.1) is 0 Å². The van der Waals surface area contributed by atoms with Crippen molar-refractivity contribution in [3.8, 4) is 0 Å². The maximum Gasteiger partial charge on any atom is 0.266 e. The Morgan fingerprint density at radius 2 is 2.14 bits per heavy atom. The number of hydrogen-bond donors (Lipinski definition) is 3. The number of nitrogens with one attached hydrogen (secondary N) is 3. The fourth-order valence-corrected chi connectivity index (χ4v) is 1.98. The first kappa shape index (κ1) is 14.7. The van der Waals surface area contributed by atoms with Gasteiger partial charge in [0.2, 0.25) is 5.91 Å². The van der Waals surface area contributed by atoms with Crippen LogP contribution < -0.4 is 16.4 Å². The molecule has 0 fully saturated rings. The number of carbonyl (C=O) groups is 1. The van der Waals surface area contributed by atoms with E-state index in [1.165, 1.54) is 0 Å². The van der Waals surface area contributed by atoms with Gasteiger partial charge in [-0.2, -0.15) is 0 Å². The molecule has 7 nitrogen and oxygen atoms in total. The second kappa shape index (κ2) is 6.65. The number of H-pyrrole nitrogens is 2. The van der Waals surface area contributed by atoms with Crippen LogP contribution in [0.1, 0.15) is 30.6 Å². The molecule has 0 aromatic carbocycles. The van der Waals surface area contributed by atoms with Crippen molar-refractivity contribution in [3.05, 3.63) is 62.4 Å². The Bertz CT molecular complexity index is 721. The Balaban J connectivity index is 2.09. The van der Waals surface area contributed by atoms with Crippen molar-refractivity contribution in [2.75, 3.05) is 0 Å². The number of rotatable bonds is 5. The molecule has 0 aliphatic heterocycles.